The molecule has 0 radical (unpaired) electrons. The van der Waals surface area contributed by atoms with E-state index >= 15 is 0 Å². The van der Waals surface area contributed by atoms with Crippen LogP contribution in [0.3, 0.4) is 0 Å². The molecule has 3 N–H and O–H groups in total. The van der Waals surface area contributed by atoms with Crippen molar-refractivity contribution in [3.63, 3.8) is 0 Å². The van der Waals surface area contributed by atoms with Crippen LogP contribution in [0.15, 0.2) is 36.4 Å². The normalized spacial score (nSPS) is 11.6. The molecule has 2 aromatic rings. The number of aryl methyl sites for hydroxylation is 3. The number of carbonyl (C=O) groups excluding carboxylic acids is 2. The van der Waals surface area contributed by atoms with E-state index in [2.05, 4.69) is 10.6 Å². The van der Waals surface area contributed by atoms with E-state index in [4.69, 9.17) is 4.74 Å². The van der Waals surface area contributed by atoms with Gasteiger partial charge in [0.05, 0.1) is 14.2 Å². The van der Waals surface area contributed by atoms with Crippen LogP contribution in [0.5, 0.6) is 5.75 Å². The zero-order valence-electron chi connectivity index (χ0n) is 17.3. The third kappa shape index (κ3) is 6.09. The fourth-order valence-corrected chi connectivity index (χ4v) is 3.28. The second kappa shape index (κ2) is 9.90. The van der Waals surface area contributed by atoms with E-state index in [1.165, 1.54) is 5.56 Å². The molecule has 0 aliphatic rings. The van der Waals surface area contributed by atoms with Gasteiger partial charge in [0.15, 0.2) is 13.1 Å². The van der Waals surface area contributed by atoms with Gasteiger partial charge in [-0.05, 0) is 38.0 Å². The maximum Gasteiger partial charge on any atom is 0.279 e. The van der Waals surface area contributed by atoms with Gasteiger partial charge >= 0.3 is 0 Å². The highest BCUT2D eigenvalue weighted by molar-refractivity contribution is 5.93. The summed E-state index contributed by atoms with van der Waals surface area (Å²) < 4.78 is 5.29. The largest absolute Gasteiger partial charge is 0.496 e. The fraction of sp³-hybridized carbons (Fsp3) is 0.364. The average molecular weight is 385 g/mol. The first kappa shape index (κ1) is 21.4. The van der Waals surface area contributed by atoms with Gasteiger partial charge in [-0.15, -0.1) is 0 Å². The van der Waals surface area contributed by atoms with E-state index in [1.54, 1.807) is 7.11 Å². The Morgan fingerprint density at radius 1 is 1.00 bits per heavy atom. The number of carbonyl (C=O) groups is 2. The minimum Gasteiger partial charge on any atom is -0.496 e. The molecule has 0 aliphatic heterocycles. The van der Waals surface area contributed by atoms with Crippen molar-refractivity contribution in [3.05, 3.63) is 58.7 Å². The summed E-state index contributed by atoms with van der Waals surface area (Å²) in [6.07, 6.45) is 0. The number of hydrogen-bond acceptors (Lipinski definition) is 3. The SMILES string of the molecule is COc1ccccc1CNC(=O)C[NH+](C)CC(=O)Nc1c(C)cc(C)cc1C. The lowest BCUT2D eigenvalue weighted by atomic mass is 10.1. The van der Waals surface area contributed by atoms with E-state index in [0.717, 1.165) is 33.0 Å². The summed E-state index contributed by atoms with van der Waals surface area (Å²) in [6.45, 7) is 6.83. The standard InChI is InChI=1S/C22H29N3O3/c1-15-10-16(2)22(17(3)11-15)24-21(27)14-25(4)13-20(26)23-12-18-8-6-7-9-19(18)28-5/h6-11H,12-14H2,1-5H3,(H,23,26)(H,24,27)/p+1. The topological polar surface area (TPSA) is 71.9 Å². The fourth-order valence-electron chi connectivity index (χ4n) is 3.28. The van der Waals surface area contributed by atoms with Crippen LogP contribution in [-0.2, 0) is 16.1 Å². The lowest BCUT2D eigenvalue weighted by Crippen LogP contribution is -3.11. The number of nitrogens with one attached hydrogen (secondary N) is 3. The van der Waals surface area contributed by atoms with Crippen LogP contribution in [0.1, 0.15) is 22.3 Å². The van der Waals surface area contributed by atoms with Crippen LogP contribution in [0, 0.1) is 20.8 Å². The number of methoxy groups -OCH3 is 1. The lowest BCUT2D eigenvalue weighted by Gasteiger charge is -2.16. The first-order valence-electron chi connectivity index (χ1n) is 9.37. The highest BCUT2D eigenvalue weighted by Gasteiger charge is 2.16. The van der Waals surface area contributed by atoms with Crippen molar-refractivity contribution in [3.8, 4) is 5.75 Å². The molecule has 2 rings (SSSR count). The van der Waals surface area contributed by atoms with Crippen LogP contribution in [0.2, 0.25) is 0 Å². The molecule has 150 valence electrons. The van der Waals surface area contributed by atoms with Crippen molar-refractivity contribution in [1.29, 1.82) is 0 Å². The van der Waals surface area contributed by atoms with Crippen molar-refractivity contribution in [2.45, 2.75) is 27.3 Å². The van der Waals surface area contributed by atoms with Crippen molar-refractivity contribution in [1.82, 2.24) is 5.32 Å². The number of rotatable bonds is 8. The Hall–Kier alpha value is -2.86. The molecule has 2 amide bonds. The van der Waals surface area contributed by atoms with Crippen LogP contribution in [0.25, 0.3) is 0 Å². The quantitative estimate of drug-likeness (QED) is 0.644. The lowest BCUT2D eigenvalue weighted by molar-refractivity contribution is -0.862. The third-order valence-electron chi connectivity index (χ3n) is 4.53. The van der Waals surface area contributed by atoms with Gasteiger partial charge in [0, 0.05) is 17.8 Å². The highest BCUT2D eigenvalue weighted by atomic mass is 16.5. The maximum absolute atomic E-state index is 12.4. The zero-order chi connectivity index (χ0) is 20.7. The van der Waals surface area contributed by atoms with E-state index in [1.807, 2.05) is 64.2 Å². The minimum absolute atomic E-state index is 0.106. The Kier molecular flexibility index (Phi) is 7.58. The van der Waals surface area contributed by atoms with Gasteiger partial charge < -0.3 is 20.3 Å². The molecule has 0 heterocycles. The molecule has 0 aliphatic carbocycles. The van der Waals surface area contributed by atoms with Gasteiger partial charge in [0.25, 0.3) is 11.8 Å². The van der Waals surface area contributed by atoms with Crippen molar-refractivity contribution >= 4 is 17.5 Å². The first-order valence-corrected chi connectivity index (χ1v) is 9.37. The second-order valence-corrected chi connectivity index (χ2v) is 7.22. The first-order chi connectivity index (χ1) is 13.3. The summed E-state index contributed by atoms with van der Waals surface area (Å²) in [7, 11) is 3.44. The van der Waals surface area contributed by atoms with Gasteiger partial charge in [-0.1, -0.05) is 35.9 Å². The smallest absolute Gasteiger partial charge is 0.279 e. The Bertz CT molecular complexity index is 826. The minimum atomic E-state index is -0.112. The van der Waals surface area contributed by atoms with Crippen LogP contribution >= 0.6 is 0 Å². The second-order valence-electron chi connectivity index (χ2n) is 7.22. The molecule has 0 spiro atoms. The molecule has 0 saturated heterocycles. The van der Waals surface area contributed by atoms with Crippen molar-refractivity contribution < 1.29 is 19.2 Å². The van der Waals surface area contributed by atoms with Gasteiger partial charge in [-0.2, -0.15) is 0 Å². The third-order valence-corrected chi connectivity index (χ3v) is 4.53. The van der Waals surface area contributed by atoms with E-state index < -0.39 is 0 Å². The predicted octanol–water partition coefficient (Wildman–Crippen LogP) is 1.39. The molecule has 1 atom stereocenters. The number of benzene rings is 2. The summed E-state index contributed by atoms with van der Waals surface area (Å²) in [4.78, 5) is 25.4. The maximum atomic E-state index is 12.4. The molecular weight excluding hydrogens is 354 g/mol. The van der Waals surface area contributed by atoms with Gasteiger partial charge in [0.1, 0.15) is 5.75 Å². The molecule has 0 aromatic heterocycles. The number of anilines is 1. The molecule has 0 fully saturated rings. The average Bonchev–Trinajstić information content (AvgIpc) is 2.63. The molecule has 0 bridgehead atoms. The van der Waals surface area contributed by atoms with Gasteiger partial charge in [-0.3, -0.25) is 9.59 Å². The van der Waals surface area contributed by atoms with Crippen LogP contribution in [0.4, 0.5) is 5.69 Å². The Balaban J connectivity index is 1.83. The molecule has 2 aromatic carbocycles. The molecule has 1 unspecified atom stereocenters. The van der Waals surface area contributed by atoms with E-state index in [-0.39, 0.29) is 24.9 Å². The van der Waals surface area contributed by atoms with Crippen LogP contribution in [-0.4, -0.2) is 39.1 Å². The van der Waals surface area contributed by atoms with Gasteiger partial charge in [0.2, 0.25) is 0 Å². The predicted molar refractivity (Wildman–Crippen MR) is 111 cm³/mol. The van der Waals surface area contributed by atoms with E-state index in [9.17, 15) is 9.59 Å². The van der Waals surface area contributed by atoms with Crippen molar-refractivity contribution in [2.75, 3.05) is 32.6 Å². The number of likely N-dealkylation sites (N-methyl/N-ethyl adjacent to an activating group) is 1. The number of quaternary nitrogens is 1. The Labute approximate surface area is 166 Å². The molecule has 6 nitrogen and oxygen atoms in total. The number of amides is 2. The number of ether oxygens (including phenoxy) is 1. The summed E-state index contributed by atoms with van der Waals surface area (Å²) >= 11 is 0. The molecular formula is C22H30N3O3+. The monoisotopic (exact) mass is 384 g/mol. The summed E-state index contributed by atoms with van der Waals surface area (Å²) in [5.41, 5.74) is 5.02. The molecule has 0 saturated carbocycles. The number of para-hydroxylation sites is 1. The van der Waals surface area contributed by atoms with E-state index in [0.29, 0.717) is 6.54 Å². The summed E-state index contributed by atoms with van der Waals surface area (Å²) in [5.74, 6) is 0.524. The summed E-state index contributed by atoms with van der Waals surface area (Å²) in [5, 5.41) is 5.86. The highest BCUT2D eigenvalue weighted by Crippen LogP contribution is 2.21. The Morgan fingerprint density at radius 2 is 1.61 bits per heavy atom. The Morgan fingerprint density at radius 3 is 2.25 bits per heavy atom. The van der Waals surface area contributed by atoms with Crippen LogP contribution < -0.4 is 20.3 Å². The van der Waals surface area contributed by atoms with Crippen molar-refractivity contribution in [2.24, 2.45) is 0 Å². The van der Waals surface area contributed by atoms with Gasteiger partial charge in [-0.25, -0.2) is 0 Å². The zero-order valence-corrected chi connectivity index (χ0v) is 17.3. The summed E-state index contributed by atoms with van der Waals surface area (Å²) in [6, 6.07) is 11.7. The molecule has 28 heavy (non-hydrogen) atoms. The number of hydrogen-bond donors (Lipinski definition) is 3. The molecule has 6 heteroatoms.